The fraction of sp³-hybridized carbons (Fsp3) is 0.375. The van der Waals surface area contributed by atoms with Crippen molar-refractivity contribution in [3.63, 3.8) is 0 Å². The van der Waals surface area contributed by atoms with Crippen molar-refractivity contribution < 1.29 is 8.42 Å². The van der Waals surface area contributed by atoms with Crippen molar-refractivity contribution in [1.82, 2.24) is 14.9 Å². The van der Waals surface area contributed by atoms with Crippen LogP contribution in [0.1, 0.15) is 12.8 Å². The van der Waals surface area contributed by atoms with Crippen LogP contribution in [0.4, 0.5) is 5.82 Å². The number of hydrogen-bond acceptors (Lipinski definition) is 4. The molecular formula is C8H12N4O2S. The van der Waals surface area contributed by atoms with Gasteiger partial charge in [0, 0.05) is 13.0 Å². The number of H-pyrrole nitrogens is 1. The molecule has 0 amide bonds. The van der Waals surface area contributed by atoms with E-state index in [0.717, 1.165) is 0 Å². The van der Waals surface area contributed by atoms with Crippen molar-refractivity contribution >= 4 is 15.8 Å². The molecule has 1 aromatic heterocycles. The van der Waals surface area contributed by atoms with E-state index in [2.05, 4.69) is 20.8 Å². The number of nitrogens with zero attached hydrogens (tertiary/aromatic N) is 1. The Morgan fingerprint density at radius 3 is 2.93 bits per heavy atom. The first-order chi connectivity index (χ1) is 7.08. The van der Waals surface area contributed by atoms with Gasteiger partial charge in [0.1, 0.15) is 10.7 Å². The van der Waals surface area contributed by atoms with E-state index in [1.54, 1.807) is 0 Å². The molecule has 0 unspecified atom stereocenters. The van der Waals surface area contributed by atoms with Gasteiger partial charge in [-0.2, -0.15) is 5.10 Å². The minimum Gasteiger partial charge on any atom is -0.383 e. The summed E-state index contributed by atoms with van der Waals surface area (Å²) in [6.45, 7) is 0.289. The largest absolute Gasteiger partial charge is 0.383 e. The second-order valence-electron chi connectivity index (χ2n) is 2.85. The van der Waals surface area contributed by atoms with Crippen LogP contribution in [0.25, 0.3) is 0 Å². The molecule has 0 saturated heterocycles. The summed E-state index contributed by atoms with van der Waals surface area (Å²) >= 11 is 0. The molecule has 0 radical (unpaired) electrons. The standard InChI is InChI=1S/C8H12N4O2S/c1-2-3-4-5-11-15(13,14)7-6-10-12-8(7)9/h1,6,11H,3-5H2,(H3,9,10,12). The summed E-state index contributed by atoms with van der Waals surface area (Å²) in [5.74, 6) is 2.45. The molecule has 0 bridgehead atoms. The monoisotopic (exact) mass is 228 g/mol. The van der Waals surface area contributed by atoms with E-state index in [0.29, 0.717) is 12.8 Å². The van der Waals surface area contributed by atoms with Crippen molar-refractivity contribution in [3.8, 4) is 12.3 Å². The van der Waals surface area contributed by atoms with Gasteiger partial charge in [-0.3, -0.25) is 5.10 Å². The first-order valence-corrected chi connectivity index (χ1v) is 5.78. The van der Waals surface area contributed by atoms with Crippen LogP contribution in [-0.2, 0) is 10.0 Å². The van der Waals surface area contributed by atoms with E-state index in [1.165, 1.54) is 6.20 Å². The SMILES string of the molecule is C#CCCCNS(=O)(=O)c1cn[nH]c1N. The van der Waals surface area contributed by atoms with Crippen molar-refractivity contribution in [1.29, 1.82) is 0 Å². The van der Waals surface area contributed by atoms with Crippen LogP contribution < -0.4 is 10.5 Å². The van der Waals surface area contributed by atoms with Gasteiger partial charge in [-0.1, -0.05) is 0 Å². The summed E-state index contributed by atoms with van der Waals surface area (Å²) in [5.41, 5.74) is 5.39. The first-order valence-electron chi connectivity index (χ1n) is 4.30. The average molecular weight is 228 g/mol. The highest BCUT2D eigenvalue weighted by Gasteiger charge is 2.18. The van der Waals surface area contributed by atoms with Crippen molar-refractivity contribution in [2.75, 3.05) is 12.3 Å². The maximum atomic E-state index is 11.6. The molecule has 0 saturated carbocycles. The number of aromatic nitrogens is 2. The van der Waals surface area contributed by atoms with E-state index in [-0.39, 0.29) is 17.3 Å². The molecule has 7 heteroatoms. The third-order valence-electron chi connectivity index (χ3n) is 1.71. The van der Waals surface area contributed by atoms with Gasteiger partial charge in [0.25, 0.3) is 0 Å². The van der Waals surface area contributed by atoms with Gasteiger partial charge in [0.2, 0.25) is 10.0 Å². The van der Waals surface area contributed by atoms with Gasteiger partial charge in [-0.05, 0) is 6.42 Å². The molecular weight excluding hydrogens is 216 g/mol. The quantitative estimate of drug-likeness (QED) is 0.475. The van der Waals surface area contributed by atoms with Crippen LogP contribution in [0.3, 0.4) is 0 Å². The van der Waals surface area contributed by atoms with Crippen molar-refractivity contribution in [2.24, 2.45) is 0 Å². The number of anilines is 1. The number of sulfonamides is 1. The summed E-state index contributed by atoms with van der Waals surface area (Å²) in [4.78, 5) is -0.0387. The molecule has 1 aromatic rings. The van der Waals surface area contributed by atoms with Crippen molar-refractivity contribution in [3.05, 3.63) is 6.20 Å². The summed E-state index contributed by atoms with van der Waals surface area (Å²) in [6.07, 6.45) is 7.32. The fourth-order valence-electron chi connectivity index (χ4n) is 0.974. The Kier molecular flexibility index (Phi) is 3.71. The van der Waals surface area contributed by atoms with Crippen LogP contribution in [-0.4, -0.2) is 25.2 Å². The topological polar surface area (TPSA) is 101 Å². The molecule has 82 valence electrons. The highest BCUT2D eigenvalue weighted by molar-refractivity contribution is 7.89. The van der Waals surface area contributed by atoms with Crippen LogP contribution >= 0.6 is 0 Å². The minimum atomic E-state index is -3.57. The highest BCUT2D eigenvalue weighted by Crippen LogP contribution is 2.13. The Bertz CT molecular complexity index is 457. The first kappa shape index (κ1) is 11.6. The molecule has 4 N–H and O–H groups in total. The molecule has 0 aliphatic rings. The molecule has 0 atom stereocenters. The van der Waals surface area contributed by atoms with Gasteiger partial charge >= 0.3 is 0 Å². The maximum absolute atomic E-state index is 11.6. The van der Waals surface area contributed by atoms with Gasteiger partial charge in [0.05, 0.1) is 6.20 Å². The van der Waals surface area contributed by atoms with E-state index in [9.17, 15) is 8.42 Å². The number of hydrogen-bond donors (Lipinski definition) is 3. The van der Waals surface area contributed by atoms with E-state index in [4.69, 9.17) is 12.2 Å². The lowest BCUT2D eigenvalue weighted by Crippen LogP contribution is -2.25. The summed E-state index contributed by atoms with van der Waals surface area (Å²) in [5, 5.41) is 5.88. The number of rotatable bonds is 5. The Morgan fingerprint density at radius 1 is 1.67 bits per heavy atom. The summed E-state index contributed by atoms with van der Waals surface area (Å²) in [7, 11) is -3.57. The lowest BCUT2D eigenvalue weighted by Gasteiger charge is -2.03. The van der Waals surface area contributed by atoms with E-state index < -0.39 is 10.0 Å². The van der Waals surface area contributed by atoms with Crippen molar-refractivity contribution in [2.45, 2.75) is 17.7 Å². The molecule has 0 aromatic carbocycles. The maximum Gasteiger partial charge on any atom is 0.245 e. The zero-order chi connectivity index (χ0) is 11.3. The van der Waals surface area contributed by atoms with Gasteiger partial charge in [-0.25, -0.2) is 13.1 Å². The second-order valence-corrected chi connectivity index (χ2v) is 4.59. The van der Waals surface area contributed by atoms with Gasteiger partial charge < -0.3 is 5.73 Å². The number of nitrogens with two attached hydrogens (primary N) is 1. The predicted molar refractivity (Wildman–Crippen MR) is 56.3 cm³/mol. The third kappa shape index (κ3) is 2.97. The molecule has 6 nitrogen and oxygen atoms in total. The Labute approximate surface area is 88.3 Å². The number of aromatic amines is 1. The Morgan fingerprint density at radius 2 is 2.40 bits per heavy atom. The van der Waals surface area contributed by atoms with Crippen LogP contribution in [0, 0.1) is 12.3 Å². The lowest BCUT2D eigenvalue weighted by atomic mass is 10.3. The number of nitrogens with one attached hydrogen (secondary N) is 2. The Hall–Kier alpha value is -1.52. The highest BCUT2D eigenvalue weighted by atomic mass is 32.2. The van der Waals surface area contributed by atoms with Gasteiger partial charge in [-0.15, -0.1) is 12.3 Å². The van der Waals surface area contributed by atoms with Crippen LogP contribution in [0.5, 0.6) is 0 Å². The molecule has 0 aliphatic carbocycles. The lowest BCUT2D eigenvalue weighted by molar-refractivity contribution is 0.580. The van der Waals surface area contributed by atoms with Crippen LogP contribution in [0.2, 0.25) is 0 Å². The second kappa shape index (κ2) is 4.82. The molecule has 0 aliphatic heterocycles. The molecule has 1 rings (SSSR count). The minimum absolute atomic E-state index is 0.0273. The normalized spacial score (nSPS) is 11.1. The van der Waals surface area contributed by atoms with Crippen LogP contribution in [0.15, 0.2) is 11.1 Å². The smallest absolute Gasteiger partial charge is 0.245 e. The van der Waals surface area contributed by atoms with E-state index in [1.807, 2.05) is 0 Å². The molecule has 0 spiro atoms. The zero-order valence-corrected chi connectivity index (χ0v) is 8.84. The summed E-state index contributed by atoms with van der Waals surface area (Å²) in [6, 6.07) is 0. The number of nitrogen functional groups attached to an aromatic ring is 1. The molecule has 15 heavy (non-hydrogen) atoms. The molecule has 0 fully saturated rings. The molecule has 1 heterocycles. The average Bonchev–Trinajstić information content (AvgIpc) is 2.60. The summed E-state index contributed by atoms with van der Waals surface area (Å²) < 4.78 is 25.5. The Balaban J connectivity index is 2.62. The van der Waals surface area contributed by atoms with Gasteiger partial charge in [0.15, 0.2) is 0 Å². The fourth-order valence-corrected chi connectivity index (χ4v) is 2.07. The predicted octanol–water partition coefficient (Wildman–Crippen LogP) is -0.316. The van der Waals surface area contributed by atoms with E-state index >= 15 is 0 Å². The number of unbranched alkanes of at least 4 members (excludes halogenated alkanes) is 1. The number of terminal acetylenes is 1. The third-order valence-corrected chi connectivity index (χ3v) is 3.20. The zero-order valence-electron chi connectivity index (χ0n) is 8.03.